The van der Waals surface area contributed by atoms with Gasteiger partial charge >= 0.3 is 0 Å². The molecule has 0 aliphatic carbocycles. The van der Waals surface area contributed by atoms with Crippen LogP contribution in [0.4, 0.5) is 11.8 Å². The van der Waals surface area contributed by atoms with Gasteiger partial charge in [0, 0.05) is 18.5 Å². The number of anilines is 2. The van der Waals surface area contributed by atoms with E-state index in [1.807, 2.05) is 12.1 Å². The Balaban J connectivity index is 1.58. The van der Waals surface area contributed by atoms with Gasteiger partial charge in [-0.1, -0.05) is 66.7 Å². The quantitative estimate of drug-likeness (QED) is 0.337. The first-order chi connectivity index (χ1) is 15.7. The van der Waals surface area contributed by atoms with Crippen LogP contribution in [-0.2, 0) is 6.42 Å². The van der Waals surface area contributed by atoms with Gasteiger partial charge in [0.25, 0.3) is 0 Å². The Morgan fingerprint density at radius 1 is 0.750 bits per heavy atom. The van der Waals surface area contributed by atoms with Crippen molar-refractivity contribution in [2.75, 3.05) is 44.4 Å². The van der Waals surface area contributed by atoms with E-state index in [-0.39, 0.29) is 0 Å². The minimum absolute atomic E-state index is 0.672. The molecule has 0 aliphatic rings. The van der Waals surface area contributed by atoms with Crippen LogP contribution in [0.25, 0.3) is 22.0 Å². The molecule has 2 N–H and O–H groups in total. The summed E-state index contributed by atoms with van der Waals surface area (Å²) >= 11 is 0. The van der Waals surface area contributed by atoms with Gasteiger partial charge in [0.05, 0.1) is 5.52 Å². The first-order valence-electron chi connectivity index (χ1n) is 11.2. The second kappa shape index (κ2) is 10.7. The number of hydrogen-bond donors (Lipinski definition) is 2. The van der Waals surface area contributed by atoms with Gasteiger partial charge in [0.15, 0.2) is 0 Å². The van der Waals surface area contributed by atoms with Crippen molar-refractivity contribution in [2.45, 2.75) is 12.8 Å². The summed E-state index contributed by atoms with van der Waals surface area (Å²) in [5.41, 5.74) is 4.61. The molecule has 0 spiro atoms. The summed E-state index contributed by atoms with van der Waals surface area (Å²) in [7, 11) is 4.18. The Labute approximate surface area is 190 Å². The van der Waals surface area contributed by atoms with Gasteiger partial charge < -0.3 is 15.5 Å². The van der Waals surface area contributed by atoms with Gasteiger partial charge in [-0.2, -0.15) is 4.98 Å². The van der Waals surface area contributed by atoms with Gasteiger partial charge in [-0.15, -0.1) is 0 Å². The van der Waals surface area contributed by atoms with E-state index in [2.05, 4.69) is 96.4 Å². The molecule has 164 valence electrons. The molecule has 32 heavy (non-hydrogen) atoms. The van der Waals surface area contributed by atoms with Gasteiger partial charge in [-0.3, -0.25) is 0 Å². The van der Waals surface area contributed by atoms with Crippen molar-refractivity contribution in [3.05, 3.63) is 84.4 Å². The highest BCUT2D eigenvalue weighted by Crippen LogP contribution is 2.28. The minimum atomic E-state index is 0.672. The van der Waals surface area contributed by atoms with E-state index in [0.717, 1.165) is 49.2 Å². The summed E-state index contributed by atoms with van der Waals surface area (Å²) in [6, 6.07) is 27.4. The Morgan fingerprint density at radius 2 is 1.50 bits per heavy atom. The first kappa shape index (κ1) is 21.8. The van der Waals surface area contributed by atoms with Crippen LogP contribution in [0.15, 0.2) is 78.9 Å². The fourth-order valence-corrected chi connectivity index (χ4v) is 3.72. The maximum atomic E-state index is 4.84. The summed E-state index contributed by atoms with van der Waals surface area (Å²) in [4.78, 5) is 11.8. The SMILES string of the molecule is CN(C)CCCNc1nc(NCCc2ccccc2)c2cc(-c3ccccc3)ccc2n1. The number of hydrogen-bond acceptors (Lipinski definition) is 5. The Bertz CT molecular complexity index is 1130. The van der Waals surface area contributed by atoms with Gasteiger partial charge in [-0.05, 0) is 62.3 Å². The predicted octanol–water partition coefficient (Wildman–Crippen LogP) is 5.32. The summed E-state index contributed by atoms with van der Waals surface area (Å²) < 4.78 is 0. The molecule has 0 atom stereocenters. The van der Waals surface area contributed by atoms with E-state index >= 15 is 0 Å². The highest BCUT2D eigenvalue weighted by atomic mass is 15.1. The Kier molecular flexibility index (Phi) is 7.31. The lowest BCUT2D eigenvalue weighted by Crippen LogP contribution is -2.17. The van der Waals surface area contributed by atoms with Crippen molar-refractivity contribution >= 4 is 22.7 Å². The van der Waals surface area contributed by atoms with Crippen molar-refractivity contribution in [2.24, 2.45) is 0 Å². The molecule has 0 aliphatic heterocycles. The number of nitrogens with one attached hydrogen (secondary N) is 2. The molecule has 0 bridgehead atoms. The summed E-state index contributed by atoms with van der Waals surface area (Å²) in [5.74, 6) is 1.55. The molecule has 0 amide bonds. The van der Waals surface area contributed by atoms with Crippen molar-refractivity contribution in [1.82, 2.24) is 14.9 Å². The highest BCUT2D eigenvalue weighted by Gasteiger charge is 2.10. The molecule has 4 aromatic rings. The number of benzene rings is 3. The lowest BCUT2D eigenvalue weighted by Gasteiger charge is -2.14. The molecule has 0 saturated carbocycles. The number of aromatic nitrogens is 2. The molecule has 1 heterocycles. The van der Waals surface area contributed by atoms with Crippen molar-refractivity contribution < 1.29 is 0 Å². The van der Waals surface area contributed by atoms with Crippen LogP contribution in [0, 0.1) is 0 Å². The topological polar surface area (TPSA) is 53.1 Å². The van der Waals surface area contributed by atoms with Crippen molar-refractivity contribution in [1.29, 1.82) is 0 Å². The van der Waals surface area contributed by atoms with Crippen molar-refractivity contribution in [3.63, 3.8) is 0 Å². The lowest BCUT2D eigenvalue weighted by molar-refractivity contribution is 0.405. The third-order valence-corrected chi connectivity index (χ3v) is 5.42. The van der Waals surface area contributed by atoms with Crippen LogP contribution in [0.5, 0.6) is 0 Å². The van der Waals surface area contributed by atoms with Gasteiger partial charge in [0.2, 0.25) is 5.95 Å². The van der Waals surface area contributed by atoms with Crippen LogP contribution in [0.1, 0.15) is 12.0 Å². The maximum Gasteiger partial charge on any atom is 0.225 e. The fraction of sp³-hybridized carbons (Fsp3) is 0.259. The van der Waals surface area contributed by atoms with E-state index < -0.39 is 0 Å². The molecule has 1 aromatic heterocycles. The average molecular weight is 426 g/mol. The Morgan fingerprint density at radius 3 is 2.25 bits per heavy atom. The predicted molar refractivity (Wildman–Crippen MR) is 135 cm³/mol. The lowest BCUT2D eigenvalue weighted by atomic mass is 10.0. The van der Waals surface area contributed by atoms with E-state index in [1.165, 1.54) is 16.7 Å². The largest absolute Gasteiger partial charge is 0.369 e. The van der Waals surface area contributed by atoms with Crippen LogP contribution < -0.4 is 10.6 Å². The number of rotatable bonds is 10. The molecule has 4 rings (SSSR count). The highest BCUT2D eigenvalue weighted by molar-refractivity contribution is 5.93. The molecular weight excluding hydrogens is 394 g/mol. The molecule has 0 radical (unpaired) electrons. The summed E-state index contributed by atoms with van der Waals surface area (Å²) in [6.45, 7) is 2.68. The normalized spacial score (nSPS) is 11.1. The third-order valence-electron chi connectivity index (χ3n) is 5.42. The maximum absolute atomic E-state index is 4.84. The second-order valence-electron chi connectivity index (χ2n) is 8.24. The molecule has 0 fully saturated rings. The van der Waals surface area contributed by atoms with Crippen LogP contribution in [0.2, 0.25) is 0 Å². The number of fused-ring (bicyclic) bond motifs is 1. The first-order valence-corrected chi connectivity index (χ1v) is 11.2. The summed E-state index contributed by atoms with van der Waals surface area (Å²) in [5, 5.41) is 8.00. The zero-order valence-corrected chi connectivity index (χ0v) is 18.9. The zero-order valence-electron chi connectivity index (χ0n) is 18.9. The molecule has 5 nitrogen and oxygen atoms in total. The second-order valence-corrected chi connectivity index (χ2v) is 8.24. The molecule has 5 heteroatoms. The van der Waals surface area contributed by atoms with Gasteiger partial charge in [-0.25, -0.2) is 4.98 Å². The fourth-order valence-electron chi connectivity index (χ4n) is 3.72. The minimum Gasteiger partial charge on any atom is -0.369 e. The molecule has 0 saturated heterocycles. The Hall–Kier alpha value is -3.44. The van der Waals surface area contributed by atoms with Crippen molar-refractivity contribution in [3.8, 4) is 11.1 Å². The number of nitrogens with zero attached hydrogens (tertiary/aromatic N) is 3. The van der Waals surface area contributed by atoms with E-state index in [9.17, 15) is 0 Å². The standard InChI is InChI=1S/C27H31N5/c1-32(2)19-9-17-29-27-30-25-15-14-23(22-12-7-4-8-13-22)20-24(25)26(31-27)28-18-16-21-10-5-3-6-11-21/h3-8,10-15,20H,9,16-19H2,1-2H3,(H2,28,29,30,31). The van der Waals surface area contributed by atoms with E-state index in [0.29, 0.717) is 5.95 Å². The van der Waals surface area contributed by atoms with Crippen LogP contribution in [0.3, 0.4) is 0 Å². The summed E-state index contributed by atoms with van der Waals surface area (Å²) in [6.07, 6.45) is 1.98. The molecule has 0 unspecified atom stereocenters. The zero-order chi connectivity index (χ0) is 22.2. The van der Waals surface area contributed by atoms with E-state index in [1.54, 1.807) is 0 Å². The van der Waals surface area contributed by atoms with Crippen LogP contribution >= 0.6 is 0 Å². The van der Waals surface area contributed by atoms with Crippen LogP contribution in [-0.4, -0.2) is 48.6 Å². The van der Waals surface area contributed by atoms with Gasteiger partial charge in [0.1, 0.15) is 5.82 Å². The monoisotopic (exact) mass is 425 g/mol. The van der Waals surface area contributed by atoms with E-state index in [4.69, 9.17) is 9.97 Å². The smallest absolute Gasteiger partial charge is 0.225 e. The third kappa shape index (κ3) is 5.83. The average Bonchev–Trinajstić information content (AvgIpc) is 2.83. The molecule has 3 aromatic carbocycles. The molecular formula is C27H31N5.